The molecule has 10 nitrogen and oxygen atoms in total. The van der Waals surface area contributed by atoms with Crippen LogP contribution >= 0.6 is 34.8 Å². The number of ether oxygens (including phenoxy) is 1. The van der Waals surface area contributed by atoms with E-state index in [2.05, 4.69) is 12.1 Å². The van der Waals surface area contributed by atoms with Crippen molar-refractivity contribution in [3.8, 4) is 17.9 Å². The molecular formula is C38H40Cl3N7O3. The van der Waals surface area contributed by atoms with Crippen LogP contribution in [0, 0.1) is 22.7 Å². The van der Waals surface area contributed by atoms with Gasteiger partial charge in [0.1, 0.15) is 17.6 Å². The highest BCUT2D eigenvalue weighted by Gasteiger charge is 2.45. The maximum atomic E-state index is 14.9. The highest BCUT2D eigenvalue weighted by atomic mass is 35.5. The molecule has 1 fully saturated rings. The van der Waals surface area contributed by atoms with E-state index in [0.717, 1.165) is 11.1 Å². The van der Waals surface area contributed by atoms with Gasteiger partial charge in [0.05, 0.1) is 48.7 Å². The van der Waals surface area contributed by atoms with Crippen LogP contribution in [0.5, 0.6) is 5.75 Å². The number of hydrogen-bond donors (Lipinski definition) is 0. The fraction of sp³-hybridized carbons (Fsp3) is 0.395. The fourth-order valence-electron chi connectivity index (χ4n) is 6.30. The van der Waals surface area contributed by atoms with E-state index in [-0.39, 0.29) is 24.9 Å². The first-order chi connectivity index (χ1) is 24.4. The Kier molecular flexibility index (Phi) is 12.2. The number of rotatable bonds is 10. The standard InChI is InChI=1S/C38H40Cl3N7O3/c1-5-51-32-22-30(38(2,3)24-43)31(41)21-29(32)36-44-34(25-7-11-27(39)12-8-25)35(26-9-13-28(40)14-10-26)48(36)37(50)47-19-17-46(18-20-47)23-33(49)45(4)16-6-15-42/h7-14,21-22,34-35H,5-6,16-20,23H2,1-4H3/t34-,35+/m0/s1. The van der Waals surface area contributed by atoms with Crippen molar-refractivity contribution in [3.05, 3.63) is 98.0 Å². The Balaban J connectivity index is 1.58. The van der Waals surface area contributed by atoms with Crippen LogP contribution in [0.1, 0.15) is 61.5 Å². The van der Waals surface area contributed by atoms with Gasteiger partial charge >= 0.3 is 6.03 Å². The first-order valence-electron chi connectivity index (χ1n) is 16.8. The van der Waals surface area contributed by atoms with Gasteiger partial charge in [-0.1, -0.05) is 59.1 Å². The number of halogens is 3. The Hall–Kier alpha value is -4.32. The van der Waals surface area contributed by atoms with E-state index in [1.54, 1.807) is 72.0 Å². The Morgan fingerprint density at radius 2 is 1.57 bits per heavy atom. The summed E-state index contributed by atoms with van der Waals surface area (Å²) in [4.78, 5) is 40.0. The maximum Gasteiger partial charge on any atom is 0.326 e. The normalized spacial score (nSPS) is 17.8. The number of carbonyl (C=O) groups is 2. The molecule has 0 saturated carbocycles. The smallest absolute Gasteiger partial charge is 0.326 e. The Bertz CT molecular complexity index is 1860. The number of carbonyl (C=O) groups excluding carboxylic acids is 2. The second kappa shape index (κ2) is 16.4. The molecule has 0 aliphatic carbocycles. The lowest BCUT2D eigenvalue weighted by Gasteiger charge is -2.39. The van der Waals surface area contributed by atoms with Gasteiger partial charge in [0, 0.05) is 54.8 Å². The van der Waals surface area contributed by atoms with Crippen molar-refractivity contribution < 1.29 is 14.3 Å². The lowest BCUT2D eigenvalue weighted by Crippen LogP contribution is -2.55. The molecule has 5 rings (SSSR count). The average Bonchev–Trinajstić information content (AvgIpc) is 3.52. The van der Waals surface area contributed by atoms with E-state index >= 15 is 0 Å². The minimum absolute atomic E-state index is 0.0732. The van der Waals surface area contributed by atoms with Gasteiger partial charge in [0.2, 0.25) is 5.91 Å². The highest BCUT2D eigenvalue weighted by Crippen LogP contribution is 2.46. The van der Waals surface area contributed by atoms with Gasteiger partial charge < -0.3 is 14.5 Å². The van der Waals surface area contributed by atoms with Crippen LogP contribution in [0.2, 0.25) is 15.1 Å². The van der Waals surface area contributed by atoms with Gasteiger partial charge in [-0.3, -0.25) is 19.6 Å². The van der Waals surface area contributed by atoms with E-state index in [1.807, 2.05) is 36.1 Å². The van der Waals surface area contributed by atoms with Crippen LogP contribution in [0.15, 0.2) is 65.7 Å². The highest BCUT2D eigenvalue weighted by molar-refractivity contribution is 6.32. The van der Waals surface area contributed by atoms with Crippen molar-refractivity contribution >= 4 is 52.6 Å². The number of nitrogens with zero attached hydrogens (tertiary/aromatic N) is 7. The zero-order chi connectivity index (χ0) is 36.9. The molecule has 0 radical (unpaired) electrons. The van der Waals surface area contributed by atoms with E-state index in [1.165, 1.54) is 0 Å². The second-order valence-corrected chi connectivity index (χ2v) is 14.4. The predicted octanol–water partition coefficient (Wildman–Crippen LogP) is 7.50. The molecule has 0 aromatic heterocycles. The molecule has 13 heteroatoms. The average molecular weight is 749 g/mol. The van der Waals surface area contributed by atoms with E-state index < -0.39 is 17.5 Å². The van der Waals surface area contributed by atoms with E-state index in [4.69, 9.17) is 49.8 Å². The topological polar surface area (TPSA) is 116 Å². The molecule has 3 aromatic rings. The van der Waals surface area contributed by atoms with Crippen LogP contribution in [-0.2, 0) is 10.2 Å². The lowest BCUT2D eigenvalue weighted by atomic mass is 9.85. The Labute approximate surface area is 314 Å². The summed E-state index contributed by atoms with van der Waals surface area (Å²) >= 11 is 19.5. The van der Waals surface area contributed by atoms with Crippen molar-refractivity contribution in [1.29, 1.82) is 10.5 Å². The summed E-state index contributed by atoms with van der Waals surface area (Å²) in [5.74, 6) is 0.756. The van der Waals surface area contributed by atoms with Crippen molar-refractivity contribution in [2.75, 3.05) is 52.9 Å². The van der Waals surface area contributed by atoms with E-state index in [0.29, 0.717) is 77.1 Å². The number of piperazine rings is 1. The van der Waals surface area contributed by atoms with Crippen molar-refractivity contribution in [3.63, 3.8) is 0 Å². The van der Waals surface area contributed by atoms with Gasteiger partial charge in [-0.25, -0.2) is 4.79 Å². The largest absolute Gasteiger partial charge is 0.493 e. The number of benzene rings is 3. The van der Waals surface area contributed by atoms with Gasteiger partial charge in [-0.15, -0.1) is 0 Å². The third kappa shape index (κ3) is 8.43. The Morgan fingerprint density at radius 1 is 0.961 bits per heavy atom. The number of nitriles is 2. The SMILES string of the molecule is CCOc1cc(C(C)(C)C#N)c(Cl)cc1C1=N[C@@H](c2ccc(Cl)cc2)[C@@H](c2ccc(Cl)cc2)N1C(=O)N1CCN(CC(=O)N(C)CCC#N)CC1. The first-order valence-corrected chi connectivity index (χ1v) is 17.9. The number of urea groups is 1. The molecule has 0 spiro atoms. The monoisotopic (exact) mass is 747 g/mol. The predicted molar refractivity (Wildman–Crippen MR) is 199 cm³/mol. The zero-order valence-corrected chi connectivity index (χ0v) is 31.3. The van der Waals surface area contributed by atoms with Crippen molar-refractivity contribution in [1.82, 2.24) is 19.6 Å². The molecule has 0 bridgehead atoms. The van der Waals surface area contributed by atoms with Gasteiger partial charge in [0.15, 0.2) is 0 Å². The first kappa shape index (κ1) is 37.9. The molecule has 51 heavy (non-hydrogen) atoms. The summed E-state index contributed by atoms with van der Waals surface area (Å²) in [6.07, 6.45) is 0.269. The number of likely N-dealkylation sites (N-methyl/N-ethyl adjacent to an activating group) is 1. The third-order valence-corrected chi connectivity index (χ3v) is 10.1. The molecule has 0 unspecified atom stereocenters. The van der Waals surface area contributed by atoms with Crippen molar-refractivity contribution in [2.45, 2.75) is 44.7 Å². The molecule has 2 aliphatic heterocycles. The number of aliphatic imine (C=N–C) groups is 1. The van der Waals surface area contributed by atoms with Gasteiger partial charge in [0.25, 0.3) is 0 Å². The minimum atomic E-state index is -0.905. The second-order valence-electron chi connectivity index (χ2n) is 13.1. The fourth-order valence-corrected chi connectivity index (χ4v) is 6.95. The van der Waals surface area contributed by atoms with Gasteiger partial charge in [-0.2, -0.15) is 10.5 Å². The summed E-state index contributed by atoms with van der Waals surface area (Å²) in [7, 11) is 1.69. The molecule has 2 heterocycles. The summed E-state index contributed by atoms with van der Waals surface area (Å²) in [6.45, 7) is 8.09. The Morgan fingerprint density at radius 3 is 2.14 bits per heavy atom. The number of hydrogen-bond acceptors (Lipinski definition) is 7. The van der Waals surface area contributed by atoms with Crippen LogP contribution in [-0.4, -0.2) is 90.3 Å². The molecule has 2 atom stereocenters. The molecule has 1 saturated heterocycles. The van der Waals surface area contributed by atoms with Crippen molar-refractivity contribution in [2.24, 2.45) is 4.99 Å². The summed E-state index contributed by atoms with van der Waals surface area (Å²) in [6, 6.07) is 21.3. The molecule has 2 aliphatic rings. The molecular weight excluding hydrogens is 709 g/mol. The van der Waals surface area contributed by atoms with Crippen LogP contribution < -0.4 is 4.74 Å². The summed E-state index contributed by atoms with van der Waals surface area (Å²) in [5, 5.41) is 20.3. The lowest BCUT2D eigenvalue weighted by molar-refractivity contribution is -0.131. The van der Waals surface area contributed by atoms with Crippen LogP contribution in [0.3, 0.4) is 0 Å². The maximum absolute atomic E-state index is 14.9. The number of amidine groups is 1. The van der Waals surface area contributed by atoms with Crippen LogP contribution in [0.25, 0.3) is 0 Å². The summed E-state index contributed by atoms with van der Waals surface area (Å²) < 4.78 is 6.17. The minimum Gasteiger partial charge on any atom is -0.493 e. The molecule has 3 amide bonds. The quantitative estimate of drug-likeness (QED) is 0.212. The third-order valence-electron chi connectivity index (χ3n) is 9.25. The van der Waals surface area contributed by atoms with Crippen LogP contribution in [0.4, 0.5) is 4.79 Å². The molecule has 3 aromatic carbocycles. The molecule has 266 valence electrons. The van der Waals surface area contributed by atoms with Gasteiger partial charge in [-0.05, 0) is 73.9 Å². The summed E-state index contributed by atoms with van der Waals surface area (Å²) in [5.41, 5.74) is 1.89. The zero-order valence-electron chi connectivity index (χ0n) is 29.1. The van der Waals surface area contributed by atoms with E-state index in [9.17, 15) is 14.9 Å². The molecule has 0 N–H and O–H groups in total. The number of amides is 3.